The van der Waals surface area contributed by atoms with E-state index in [9.17, 15) is 9.59 Å². The molecule has 1 aromatic heterocycles. The summed E-state index contributed by atoms with van der Waals surface area (Å²) in [6.07, 6.45) is 0.738. The van der Waals surface area contributed by atoms with Crippen LogP contribution in [0.3, 0.4) is 0 Å². The predicted molar refractivity (Wildman–Crippen MR) is 121 cm³/mol. The Morgan fingerprint density at radius 2 is 1.42 bits per heavy atom. The molecule has 6 nitrogen and oxygen atoms in total. The number of aryl methyl sites for hydroxylation is 1. The lowest BCUT2D eigenvalue weighted by Crippen LogP contribution is -2.29. The first-order valence-electron chi connectivity index (χ1n) is 10.3. The van der Waals surface area contributed by atoms with E-state index < -0.39 is 5.91 Å². The van der Waals surface area contributed by atoms with Crippen LogP contribution < -0.4 is 11.0 Å². The second-order valence-corrected chi connectivity index (χ2v) is 7.41. The van der Waals surface area contributed by atoms with Gasteiger partial charge in [-0.2, -0.15) is 10.2 Å². The maximum atomic E-state index is 13.1. The number of fused-ring (bicyclic) bond motifs is 4. The maximum Gasteiger partial charge on any atom is 0.292 e. The van der Waals surface area contributed by atoms with Gasteiger partial charge in [-0.05, 0) is 23.6 Å². The maximum absolute atomic E-state index is 13.1. The van der Waals surface area contributed by atoms with Crippen LogP contribution in [-0.4, -0.2) is 21.4 Å². The molecule has 0 saturated heterocycles. The molecule has 0 unspecified atom stereocenters. The summed E-state index contributed by atoms with van der Waals surface area (Å²) in [5.74, 6) is -0.449. The lowest BCUT2D eigenvalue weighted by atomic mass is 10.1. The Kier molecular flexibility index (Phi) is 4.67. The molecule has 152 valence electrons. The van der Waals surface area contributed by atoms with Crippen molar-refractivity contribution in [2.75, 3.05) is 0 Å². The van der Waals surface area contributed by atoms with Crippen molar-refractivity contribution in [2.24, 2.45) is 5.10 Å². The monoisotopic (exact) mass is 408 g/mol. The molecule has 1 aliphatic rings. The molecule has 3 aromatic carbocycles. The van der Waals surface area contributed by atoms with Gasteiger partial charge in [-0.1, -0.05) is 73.7 Å². The topological polar surface area (TPSA) is 76.3 Å². The van der Waals surface area contributed by atoms with Crippen molar-refractivity contribution in [2.45, 2.75) is 19.9 Å². The number of hydrazone groups is 1. The van der Waals surface area contributed by atoms with Gasteiger partial charge in [0.05, 0.1) is 11.1 Å². The molecule has 1 amide bonds. The summed E-state index contributed by atoms with van der Waals surface area (Å²) in [5, 5.41) is 9.81. The van der Waals surface area contributed by atoms with Gasteiger partial charge < -0.3 is 0 Å². The average Bonchev–Trinajstić information content (AvgIpc) is 3.13. The number of carbonyl (C=O) groups is 1. The van der Waals surface area contributed by atoms with E-state index in [4.69, 9.17) is 0 Å². The number of benzene rings is 3. The van der Waals surface area contributed by atoms with Crippen LogP contribution in [0.1, 0.15) is 35.0 Å². The number of nitrogens with one attached hydrogen (secondary N) is 1. The van der Waals surface area contributed by atoms with Crippen LogP contribution in [0.25, 0.3) is 21.9 Å². The largest absolute Gasteiger partial charge is 0.292 e. The quantitative estimate of drug-likeness (QED) is 0.457. The van der Waals surface area contributed by atoms with Gasteiger partial charge in [0.2, 0.25) is 0 Å². The molecule has 0 aliphatic heterocycles. The van der Waals surface area contributed by atoms with Crippen molar-refractivity contribution in [3.63, 3.8) is 0 Å². The Hall–Kier alpha value is -4.06. The minimum Gasteiger partial charge on any atom is -0.267 e. The second kappa shape index (κ2) is 7.65. The first-order valence-corrected chi connectivity index (χ1v) is 10.3. The van der Waals surface area contributed by atoms with Gasteiger partial charge in [-0.15, -0.1) is 0 Å². The van der Waals surface area contributed by atoms with Gasteiger partial charge in [-0.25, -0.2) is 10.1 Å². The van der Waals surface area contributed by atoms with Crippen LogP contribution in [0.15, 0.2) is 82.7 Å². The van der Waals surface area contributed by atoms with Crippen LogP contribution in [-0.2, 0) is 6.54 Å². The molecule has 31 heavy (non-hydrogen) atoms. The minimum absolute atomic E-state index is 0.188. The minimum atomic E-state index is -0.449. The van der Waals surface area contributed by atoms with Crippen LogP contribution in [0, 0.1) is 0 Å². The SMILES string of the molecule is CCCn1nc(C(=O)NN=C2c3ccccc3-c3ccccc32)c2ccccc2c1=O. The Balaban J connectivity index is 1.58. The molecule has 0 saturated carbocycles. The van der Waals surface area contributed by atoms with E-state index in [0.29, 0.717) is 23.0 Å². The highest BCUT2D eigenvalue weighted by Gasteiger charge is 2.24. The number of aromatic nitrogens is 2. The number of hydrogen-bond acceptors (Lipinski definition) is 4. The zero-order chi connectivity index (χ0) is 21.4. The molecule has 0 spiro atoms. The predicted octanol–water partition coefficient (Wildman–Crippen LogP) is 3.97. The van der Waals surface area contributed by atoms with Crippen LogP contribution in [0.4, 0.5) is 0 Å². The number of amides is 1. The lowest BCUT2D eigenvalue weighted by molar-refractivity contribution is 0.0949. The standard InChI is InChI=1S/C25H20N4O2/c1-2-15-29-25(31)21-14-8-7-13-20(21)23(28-29)24(30)27-26-22-18-11-5-3-9-16(18)17-10-4-6-12-19(17)22/h3-14H,2,15H2,1H3,(H,27,30). The molecule has 0 atom stereocenters. The van der Waals surface area contributed by atoms with Crippen LogP contribution >= 0.6 is 0 Å². The van der Waals surface area contributed by atoms with Gasteiger partial charge in [0.25, 0.3) is 11.5 Å². The fourth-order valence-electron chi connectivity index (χ4n) is 4.04. The first-order chi connectivity index (χ1) is 15.2. The smallest absolute Gasteiger partial charge is 0.267 e. The first kappa shape index (κ1) is 18.9. The molecule has 4 aromatic rings. The molecule has 0 fully saturated rings. The Labute approximate surface area is 178 Å². The molecule has 1 aliphatic carbocycles. The number of hydrogen-bond donors (Lipinski definition) is 1. The summed E-state index contributed by atoms with van der Waals surface area (Å²) >= 11 is 0. The zero-order valence-electron chi connectivity index (χ0n) is 17.0. The Morgan fingerprint density at radius 1 is 0.871 bits per heavy atom. The van der Waals surface area contributed by atoms with Gasteiger partial charge in [0.15, 0.2) is 5.69 Å². The molecular formula is C25H20N4O2. The number of nitrogens with zero attached hydrogens (tertiary/aromatic N) is 3. The third-order valence-electron chi connectivity index (χ3n) is 5.44. The van der Waals surface area contributed by atoms with Crippen molar-refractivity contribution < 1.29 is 4.79 Å². The van der Waals surface area contributed by atoms with Crippen LogP contribution in [0.5, 0.6) is 0 Å². The lowest BCUT2D eigenvalue weighted by Gasteiger charge is -2.10. The zero-order valence-corrected chi connectivity index (χ0v) is 17.0. The number of rotatable bonds is 4. The molecule has 1 N–H and O–H groups in total. The van der Waals surface area contributed by atoms with E-state index >= 15 is 0 Å². The van der Waals surface area contributed by atoms with Crippen LogP contribution in [0.2, 0.25) is 0 Å². The summed E-state index contributed by atoms with van der Waals surface area (Å²) < 4.78 is 1.35. The van der Waals surface area contributed by atoms with E-state index in [-0.39, 0.29) is 11.3 Å². The van der Waals surface area contributed by atoms with Crippen molar-refractivity contribution in [1.29, 1.82) is 0 Å². The van der Waals surface area contributed by atoms with Gasteiger partial charge in [-0.3, -0.25) is 9.59 Å². The second-order valence-electron chi connectivity index (χ2n) is 7.41. The molecular weight excluding hydrogens is 388 g/mol. The van der Waals surface area contributed by atoms with Gasteiger partial charge in [0, 0.05) is 23.1 Å². The fraction of sp³-hybridized carbons (Fsp3) is 0.120. The molecule has 1 heterocycles. The fourth-order valence-corrected chi connectivity index (χ4v) is 4.04. The average molecular weight is 408 g/mol. The summed E-state index contributed by atoms with van der Waals surface area (Å²) in [6, 6.07) is 23.0. The normalized spacial score (nSPS) is 11.8. The molecule has 0 radical (unpaired) electrons. The summed E-state index contributed by atoms with van der Waals surface area (Å²) in [7, 11) is 0. The van der Waals surface area contributed by atoms with Gasteiger partial charge >= 0.3 is 0 Å². The van der Waals surface area contributed by atoms with E-state index in [1.807, 2.05) is 55.5 Å². The van der Waals surface area contributed by atoms with E-state index in [1.165, 1.54) is 4.68 Å². The summed E-state index contributed by atoms with van der Waals surface area (Å²) in [6.45, 7) is 2.41. The summed E-state index contributed by atoms with van der Waals surface area (Å²) in [4.78, 5) is 25.8. The molecule has 5 rings (SSSR count). The molecule has 0 bridgehead atoms. The van der Waals surface area contributed by atoms with E-state index in [0.717, 1.165) is 28.7 Å². The Morgan fingerprint density at radius 3 is 2.03 bits per heavy atom. The van der Waals surface area contributed by atoms with Gasteiger partial charge in [0.1, 0.15) is 0 Å². The van der Waals surface area contributed by atoms with E-state index in [2.05, 4.69) is 15.6 Å². The number of carbonyl (C=O) groups excluding carboxylic acids is 1. The molecule has 6 heteroatoms. The highest BCUT2D eigenvalue weighted by molar-refractivity contribution is 6.24. The highest BCUT2D eigenvalue weighted by Crippen LogP contribution is 2.36. The van der Waals surface area contributed by atoms with E-state index in [1.54, 1.807) is 24.3 Å². The van der Waals surface area contributed by atoms with Crippen molar-refractivity contribution in [1.82, 2.24) is 15.2 Å². The van der Waals surface area contributed by atoms with Crippen molar-refractivity contribution in [3.05, 3.63) is 100.0 Å². The van der Waals surface area contributed by atoms with Crippen molar-refractivity contribution >= 4 is 22.4 Å². The third kappa shape index (κ3) is 3.13. The highest BCUT2D eigenvalue weighted by atomic mass is 16.2. The Bertz CT molecular complexity index is 1370. The van der Waals surface area contributed by atoms with Crippen molar-refractivity contribution in [3.8, 4) is 11.1 Å². The third-order valence-corrected chi connectivity index (χ3v) is 5.44. The summed E-state index contributed by atoms with van der Waals surface area (Å²) in [5.41, 5.74) is 7.50.